The van der Waals surface area contributed by atoms with E-state index in [1.54, 1.807) is 71.7 Å². The largest absolute Gasteiger partial charge is 0.506 e. The molecule has 1 heterocycles. The Bertz CT molecular complexity index is 1380. The van der Waals surface area contributed by atoms with Crippen LogP contribution in [0.5, 0.6) is 11.5 Å². The van der Waals surface area contributed by atoms with Crippen LogP contribution >= 0.6 is 0 Å². The number of aromatic nitrogens is 2. The first kappa shape index (κ1) is 21.9. The maximum atomic E-state index is 12.9. The Kier molecular flexibility index (Phi) is 6.01. The number of para-hydroxylation sites is 2. The number of hydrogen-bond donors (Lipinski definition) is 3. The predicted molar refractivity (Wildman–Crippen MR) is 123 cm³/mol. The average Bonchev–Trinajstić information content (AvgIpc) is 3.35. The normalized spacial score (nSPS) is 11.1. The number of amides is 1. The fourth-order valence-corrected chi connectivity index (χ4v) is 4.19. The van der Waals surface area contributed by atoms with Crippen LogP contribution in [0.2, 0.25) is 0 Å². The van der Waals surface area contributed by atoms with Crippen LogP contribution in [-0.2, 0) is 10.0 Å². The molecule has 0 aliphatic rings. The molecule has 0 fully saturated rings. The van der Waals surface area contributed by atoms with E-state index in [1.165, 1.54) is 25.3 Å². The van der Waals surface area contributed by atoms with E-state index >= 15 is 0 Å². The van der Waals surface area contributed by atoms with Crippen molar-refractivity contribution in [3.05, 3.63) is 90.8 Å². The van der Waals surface area contributed by atoms with Gasteiger partial charge in [0.05, 0.1) is 29.1 Å². The number of phenolic OH excluding ortho intramolecular Hbond substituents is 1. The molecule has 4 rings (SSSR count). The predicted octanol–water partition coefficient (Wildman–Crippen LogP) is 3.64. The molecule has 33 heavy (non-hydrogen) atoms. The van der Waals surface area contributed by atoms with Gasteiger partial charge >= 0.3 is 0 Å². The summed E-state index contributed by atoms with van der Waals surface area (Å²) in [6.07, 6.45) is 3.42. The fourth-order valence-electron chi connectivity index (χ4n) is 3.10. The summed E-state index contributed by atoms with van der Waals surface area (Å²) in [5.74, 6) is -0.427. The minimum atomic E-state index is -4.02. The lowest BCUT2D eigenvalue weighted by Crippen LogP contribution is -2.15. The Hall–Kier alpha value is -4.31. The molecule has 3 aromatic carbocycles. The van der Waals surface area contributed by atoms with Crippen molar-refractivity contribution in [2.24, 2.45) is 0 Å². The molecule has 0 saturated carbocycles. The Labute approximate surface area is 190 Å². The second-order valence-corrected chi connectivity index (χ2v) is 8.62. The summed E-state index contributed by atoms with van der Waals surface area (Å²) in [5.41, 5.74) is 1.32. The van der Waals surface area contributed by atoms with Gasteiger partial charge in [-0.1, -0.05) is 12.1 Å². The zero-order valence-corrected chi connectivity index (χ0v) is 18.3. The minimum absolute atomic E-state index is 0.0425. The van der Waals surface area contributed by atoms with Crippen molar-refractivity contribution in [2.75, 3.05) is 17.1 Å². The lowest BCUT2D eigenvalue weighted by atomic mass is 10.2. The number of aromatic hydroxyl groups is 1. The molecule has 10 heteroatoms. The van der Waals surface area contributed by atoms with Gasteiger partial charge in [-0.15, -0.1) is 0 Å². The van der Waals surface area contributed by atoms with Gasteiger partial charge < -0.3 is 15.2 Å². The molecule has 0 spiro atoms. The quantitative estimate of drug-likeness (QED) is 0.359. The number of rotatable bonds is 7. The number of ether oxygens (including phenoxy) is 1. The van der Waals surface area contributed by atoms with Gasteiger partial charge in [0.2, 0.25) is 0 Å². The van der Waals surface area contributed by atoms with Crippen LogP contribution in [0.15, 0.2) is 90.1 Å². The molecule has 0 aliphatic carbocycles. The molecule has 1 amide bonds. The van der Waals surface area contributed by atoms with E-state index < -0.39 is 15.9 Å². The monoisotopic (exact) mass is 464 g/mol. The third kappa shape index (κ3) is 4.80. The first-order chi connectivity index (χ1) is 15.9. The van der Waals surface area contributed by atoms with Crippen molar-refractivity contribution in [3.63, 3.8) is 0 Å². The van der Waals surface area contributed by atoms with Gasteiger partial charge in [-0.3, -0.25) is 9.52 Å². The number of hydrogen-bond acceptors (Lipinski definition) is 6. The zero-order chi connectivity index (χ0) is 23.4. The van der Waals surface area contributed by atoms with E-state index in [-0.39, 0.29) is 22.0 Å². The summed E-state index contributed by atoms with van der Waals surface area (Å²) in [5, 5.41) is 16.9. The van der Waals surface area contributed by atoms with Crippen molar-refractivity contribution >= 4 is 27.3 Å². The molecular formula is C23H20N4O5S. The standard InChI is InChI=1S/C23H20N4O5S/c1-32-22-6-3-2-5-19(22)26-33(30,31)18-11-12-21(28)20(15-18)25-23(29)16-7-9-17(10-8-16)27-14-4-13-24-27/h2-15,26,28H,1H3,(H,25,29). The molecule has 3 N–H and O–H groups in total. The van der Waals surface area contributed by atoms with Gasteiger partial charge in [0.25, 0.3) is 15.9 Å². The lowest BCUT2D eigenvalue weighted by molar-refractivity contribution is 0.102. The maximum Gasteiger partial charge on any atom is 0.262 e. The van der Waals surface area contributed by atoms with Crippen LogP contribution in [0, 0.1) is 0 Å². The molecule has 1 aromatic heterocycles. The summed E-state index contributed by atoms with van der Waals surface area (Å²) in [6, 6.07) is 18.6. The van der Waals surface area contributed by atoms with Gasteiger partial charge in [-0.2, -0.15) is 5.10 Å². The van der Waals surface area contributed by atoms with Gasteiger partial charge in [-0.25, -0.2) is 13.1 Å². The Morgan fingerprint density at radius 3 is 2.45 bits per heavy atom. The lowest BCUT2D eigenvalue weighted by Gasteiger charge is -2.13. The Morgan fingerprint density at radius 1 is 1.00 bits per heavy atom. The van der Waals surface area contributed by atoms with Gasteiger partial charge in [0.15, 0.2) is 0 Å². The van der Waals surface area contributed by atoms with E-state index in [4.69, 9.17) is 4.74 Å². The minimum Gasteiger partial charge on any atom is -0.506 e. The highest BCUT2D eigenvalue weighted by Crippen LogP contribution is 2.30. The number of benzene rings is 3. The summed E-state index contributed by atoms with van der Waals surface area (Å²) in [7, 11) is -2.59. The number of sulfonamides is 1. The average molecular weight is 465 g/mol. The number of anilines is 2. The smallest absolute Gasteiger partial charge is 0.262 e. The summed E-state index contributed by atoms with van der Waals surface area (Å²) >= 11 is 0. The second kappa shape index (κ2) is 9.05. The molecule has 168 valence electrons. The topological polar surface area (TPSA) is 123 Å². The summed E-state index contributed by atoms with van der Waals surface area (Å²) < 4.78 is 35.0. The summed E-state index contributed by atoms with van der Waals surface area (Å²) in [4.78, 5) is 12.5. The van der Waals surface area contributed by atoms with Crippen LogP contribution in [0.1, 0.15) is 10.4 Å². The van der Waals surface area contributed by atoms with E-state index in [2.05, 4.69) is 15.1 Å². The number of carbonyl (C=O) groups is 1. The first-order valence-electron chi connectivity index (χ1n) is 9.78. The van der Waals surface area contributed by atoms with Crippen molar-refractivity contribution in [3.8, 4) is 17.2 Å². The van der Waals surface area contributed by atoms with Crippen molar-refractivity contribution in [1.29, 1.82) is 0 Å². The van der Waals surface area contributed by atoms with E-state index in [0.29, 0.717) is 11.3 Å². The van der Waals surface area contributed by atoms with Crippen LogP contribution in [-0.4, -0.2) is 36.3 Å². The SMILES string of the molecule is COc1ccccc1NS(=O)(=O)c1ccc(O)c(NC(=O)c2ccc(-n3cccn3)cc2)c1. The molecule has 0 bridgehead atoms. The Balaban J connectivity index is 1.55. The molecular weight excluding hydrogens is 444 g/mol. The van der Waals surface area contributed by atoms with E-state index in [9.17, 15) is 18.3 Å². The Morgan fingerprint density at radius 2 is 1.76 bits per heavy atom. The van der Waals surface area contributed by atoms with Gasteiger partial charge in [0.1, 0.15) is 11.5 Å². The highest BCUT2D eigenvalue weighted by molar-refractivity contribution is 7.92. The van der Waals surface area contributed by atoms with E-state index in [0.717, 1.165) is 5.69 Å². The van der Waals surface area contributed by atoms with Gasteiger partial charge in [0, 0.05) is 18.0 Å². The molecule has 0 radical (unpaired) electrons. The highest BCUT2D eigenvalue weighted by atomic mass is 32.2. The molecule has 4 aromatic rings. The number of carbonyl (C=O) groups excluding carboxylic acids is 1. The molecule has 0 unspecified atom stereocenters. The second-order valence-electron chi connectivity index (χ2n) is 6.94. The highest BCUT2D eigenvalue weighted by Gasteiger charge is 2.19. The fraction of sp³-hybridized carbons (Fsp3) is 0.0435. The molecule has 9 nitrogen and oxygen atoms in total. The van der Waals surface area contributed by atoms with Crippen molar-refractivity contribution in [1.82, 2.24) is 9.78 Å². The van der Waals surface area contributed by atoms with Crippen molar-refractivity contribution in [2.45, 2.75) is 4.90 Å². The first-order valence-corrected chi connectivity index (χ1v) is 11.3. The molecule has 0 atom stereocenters. The summed E-state index contributed by atoms with van der Waals surface area (Å²) in [6.45, 7) is 0. The van der Waals surface area contributed by atoms with Gasteiger partial charge in [-0.05, 0) is 60.7 Å². The van der Waals surface area contributed by atoms with Crippen LogP contribution in [0.25, 0.3) is 5.69 Å². The van der Waals surface area contributed by atoms with Crippen LogP contribution < -0.4 is 14.8 Å². The number of nitrogens with one attached hydrogen (secondary N) is 2. The third-order valence-corrected chi connectivity index (χ3v) is 6.14. The number of phenols is 1. The number of nitrogens with zero attached hydrogens (tertiary/aromatic N) is 2. The molecule has 0 saturated heterocycles. The zero-order valence-electron chi connectivity index (χ0n) is 17.5. The van der Waals surface area contributed by atoms with Crippen LogP contribution in [0.3, 0.4) is 0 Å². The van der Waals surface area contributed by atoms with Crippen LogP contribution in [0.4, 0.5) is 11.4 Å². The number of methoxy groups -OCH3 is 1. The maximum absolute atomic E-state index is 12.9. The molecule has 0 aliphatic heterocycles. The third-order valence-electron chi connectivity index (χ3n) is 4.78. The van der Waals surface area contributed by atoms with E-state index in [1.807, 2.05) is 0 Å². The van der Waals surface area contributed by atoms with Crippen molar-refractivity contribution < 1.29 is 23.1 Å².